The first-order valence-corrected chi connectivity index (χ1v) is 9.00. The van der Waals surface area contributed by atoms with Crippen LogP contribution >= 0.6 is 11.6 Å². The molecule has 0 heterocycles. The van der Waals surface area contributed by atoms with Gasteiger partial charge < -0.3 is 16.0 Å². The number of hydrogen-bond donors (Lipinski definition) is 3. The normalized spacial score (nSPS) is 11.6. The third kappa shape index (κ3) is 5.07. The van der Waals surface area contributed by atoms with Crippen molar-refractivity contribution in [3.63, 3.8) is 0 Å². The van der Waals surface area contributed by atoms with Crippen LogP contribution in [-0.2, 0) is 4.79 Å². The van der Waals surface area contributed by atoms with Gasteiger partial charge in [-0.3, -0.25) is 14.4 Å². The van der Waals surface area contributed by atoms with E-state index >= 15 is 0 Å². The lowest BCUT2D eigenvalue weighted by atomic mass is 10.0. The molecule has 0 aliphatic heterocycles. The van der Waals surface area contributed by atoms with E-state index in [1.807, 2.05) is 0 Å². The van der Waals surface area contributed by atoms with Gasteiger partial charge in [-0.15, -0.1) is 0 Å². The Hall–Kier alpha value is -2.93. The van der Waals surface area contributed by atoms with Crippen molar-refractivity contribution in [1.82, 2.24) is 10.6 Å². The molecule has 0 bridgehead atoms. The zero-order valence-corrected chi connectivity index (χ0v) is 16.4. The van der Waals surface area contributed by atoms with Crippen molar-refractivity contribution < 1.29 is 18.8 Å². The lowest BCUT2D eigenvalue weighted by Crippen LogP contribution is -2.47. The highest BCUT2D eigenvalue weighted by molar-refractivity contribution is 6.34. The Morgan fingerprint density at radius 1 is 1.00 bits per heavy atom. The van der Waals surface area contributed by atoms with Crippen LogP contribution < -0.4 is 16.0 Å². The van der Waals surface area contributed by atoms with Gasteiger partial charge in [0.05, 0.1) is 16.1 Å². The molecule has 0 aliphatic carbocycles. The zero-order valence-electron chi connectivity index (χ0n) is 15.7. The molecule has 0 saturated heterocycles. The number of rotatable bonds is 6. The summed E-state index contributed by atoms with van der Waals surface area (Å²) in [6, 6.07) is 9.09. The molecule has 2 aromatic rings. The second-order valence-electron chi connectivity index (χ2n) is 6.44. The fraction of sp³-hybridized carbons (Fsp3) is 0.250. The van der Waals surface area contributed by atoms with Gasteiger partial charge in [0.25, 0.3) is 11.8 Å². The van der Waals surface area contributed by atoms with Crippen LogP contribution in [0.15, 0.2) is 42.5 Å². The van der Waals surface area contributed by atoms with Crippen LogP contribution in [0.2, 0.25) is 5.02 Å². The molecule has 6 nitrogen and oxygen atoms in total. The topological polar surface area (TPSA) is 87.3 Å². The fourth-order valence-corrected chi connectivity index (χ4v) is 2.73. The maximum Gasteiger partial charge on any atom is 0.254 e. The molecule has 0 saturated carbocycles. The van der Waals surface area contributed by atoms with Crippen molar-refractivity contribution in [3.05, 3.63) is 64.4 Å². The molecule has 3 amide bonds. The van der Waals surface area contributed by atoms with Crippen LogP contribution in [0, 0.1) is 11.7 Å². The summed E-state index contributed by atoms with van der Waals surface area (Å²) >= 11 is 6.00. The Bertz CT molecular complexity index is 902. The Morgan fingerprint density at radius 3 is 2.29 bits per heavy atom. The van der Waals surface area contributed by atoms with Crippen molar-refractivity contribution in [2.75, 3.05) is 12.4 Å². The first-order valence-electron chi connectivity index (χ1n) is 8.62. The molecule has 1 atom stereocenters. The third-order valence-electron chi connectivity index (χ3n) is 4.06. The average molecular weight is 406 g/mol. The summed E-state index contributed by atoms with van der Waals surface area (Å²) in [7, 11) is 1.47. The van der Waals surface area contributed by atoms with Gasteiger partial charge in [0.2, 0.25) is 5.91 Å². The summed E-state index contributed by atoms with van der Waals surface area (Å²) in [4.78, 5) is 36.9. The average Bonchev–Trinajstić information content (AvgIpc) is 2.66. The number of anilines is 1. The van der Waals surface area contributed by atoms with Gasteiger partial charge in [0.1, 0.15) is 11.9 Å². The summed E-state index contributed by atoms with van der Waals surface area (Å²) in [5.41, 5.74) is 0.409. The van der Waals surface area contributed by atoms with Crippen LogP contribution in [0.5, 0.6) is 0 Å². The summed E-state index contributed by atoms with van der Waals surface area (Å²) in [5.74, 6) is -2.51. The molecule has 0 spiro atoms. The monoisotopic (exact) mass is 405 g/mol. The van der Waals surface area contributed by atoms with E-state index in [2.05, 4.69) is 16.0 Å². The van der Waals surface area contributed by atoms with Crippen LogP contribution in [0.3, 0.4) is 0 Å². The number of nitrogens with one attached hydrogen (secondary N) is 3. The molecule has 0 aromatic heterocycles. The third-order valence-corrected chi connectivity index (χ3v) is 4.39. The minimum Gasteiger partial charge on any atom is -0.355 e. The summed E-state index contributed by atoms with van der Waals surface area (Å²) in [6.45, 7) is 3.51. The first kappa shape index (κ1) is 21.4. The van der Waals surface area contributed by atoms with Crippen LogP contribution in [0.25, 0.3) is 0 Å². The molecule has 0 aliphatic rings. The van der Waals surface area contributed by atoms with Gasteiger partial charge in [-0.05, 0) is 36.2 Å². The lowest BCUT2D eigenvalue weighted by molar-refractivity contribution is -0.118. The highest BCUT2D eigenvalue weighted by Gasteiger charge is 2.26. The highest BCUT2D eigenvalue weighted by Crippen LogP contribution is 2.21. The maximum atomic E-state index is 13.8. The molecule has 148 valence electrons. The van der Waals surface area contributed by atoms with Gasteiger partial charge in [0.15, 0.2) is 0 Å². The molecule has 2 rings (SSSR count). The van der Waals surface area contributed by atoms with E-state index in [1.54, 1.807) is 19.9 Å². The van der Waals surface area contributed by atoms with Crippen molar-refractivity contribution in [2.24, 2.45) is 5.92 Å². The molecular weight excluding hydrogens is 385 g/mol. The van der Waals surface area contributed by atoms with Crippen molar-refractivity contribution >= 4 is 35.0 Å². The van der Waals surface area contributed by atoms with Crippen molar-refractivity contribution in [1.29, 1.82) is 0 Å². The van der Waals surface area contributed by atoms with Crippen LogP contribution in [0.1, 0.15) is 34.6 Å². The van der Waals surface area contributed by atoms with E-state index in [0.717, 1.165) is 0 Å². The summed E-state index contributed by atoms with van der Waals surface area (Å²) in [5, 5.41) is 7.92. The maximum absolute atomic E-state index is 13.8. The highest BCUT2D eigenvalue weighted by atomic mass is 35.5. The Balaban J connectivity index is 2.19. The SMILES string of the molecule is CNC(=O)c1cc(NC(=O)C(NC(=O)c2ccccc2F)C(C)C)ccc1Cl. The predicted molar refractivity (Wildman–Crippen MR) is 106 cm³/mol. The molecule has 8 heteroatoms. The van der Waals surface area contributed by atoms with Gasteiger partial charge in [-0.25, -0.2) is 4.39 Å². The molecule has 3 N–H and O–H groups in total. The van der Waals surface area contributed by atoms with E-state index in [1.165, 1.54) is 43.4 Å². The standard InChI is InChI=1S/C20H21ClFN3O3/c1-11(2)17(25-19(27)13-6-4-5-7-16(13)22)20(28)24-12-8-9-15(21)14(10-12)18(26)23-3/h4-11,17H,1-3H3,(H,23,26)(H,24,28)(H,25,27). The quantitative estimate of drug-likeness (QED) is 0.689. The first-order chi connectivity index (χ1) is 13.2. The molecule has 1 unspecified atom stereocenters. The molecule has 0 radical (unpaired) electrons. The van der Waals surface area contributed by atoms with E-state index < -0.39 is 29.6 Å². The van der Waals surface area contributed by atoms with Crippen LogP contribution in [0.4, 0.5) is 10.1 Å². The number of halogens is 2. The Kier molecular flexibility index (Phi) is 7.12. The molecule has 0 fully saturated rings. The summed E-state index contributed by atoms with van der Waals surface area (Å²) < 4.78 is 13.8. The van der Waals surface area contributed by atoms with Gasteiger partial charge in [-0.1, -0.05) is 37.6 Å². The molecular formula is C20H21ClFN3O3. The molecule has 2 aromatic carbocycles. The number of amides is 3. The number of benzene rings is 2. The second-order valence-corrected chi connectivity index (χ2v) is 6.85. The number of carbonyl (C=O) groups excluding carboxylic acids is 3. The van der Waals surface area contributed by atoms with E-state index in [9.17, 15) is 18.8 Å². The molecule has 28 heavy (non-hydrogen) atoms. The Labute approximate surface area is 167 Å². The fourth-order valence-electron chi connectivity index (χ4n) is 2.53. The van der Waals surface area contributed by atoms with E-state index in [0.29, 0.717) is 5.69 Å². The smallest absolute Gasteiger partial charge is 0.254 e. The lowest BCUT2D eigenvalue weighted by Gasteiger charge is -2.22. The van der Waals surface area contributed by atoms with Crippen LogP contribution in [-0.4, -0.2) is 30.8 Å². The minimum atomic E-state index is -0.911. The largest absolute Gasteiger partial charge is 0.355 e. The predicted octanol–water partition coefficient (Wildman–Crippen LogP) is 3.23. The van der Waals surface area contributed by atoms with Crippen molar-refractivity contribution in [3.8, 4) is 0 Å². The van der Waals surface area contributed by atoms with Gasteiger partial charge in [0, 0.05) is 12.7 Å². The minimum absolute atomic E-state index is 0.144. The summed E-state index contributed by atoms with van der Waals surface area (Å²) in [6.07, 6.45) is 0. The zero-order chi connectivity index (χ0) is 20.8. The van der Waals surface area contributed by atoms with E-state index in [4.69, 9.17) is 11.6 Å². The van der Waals surface area contributed by atoms with E-state index in [-0.39, 0.29) is 22.1 Å². The van der Waals surface area contributed by atoms with Gasteiger partial charge in [-0.2, -0.15) is 0 Å². The van der Waals surface area contributed by atoms with Gasteiger partial charge >= 0.3 is 0 Å². The van der Waals surface area contributed by atoms with Crippen molar-refractivity contribution in [2.45, 2.75) is 19.9 Å². The Morgan fingerprint density at radius 2 is 1.68 bits per heavy atom. The number of carbonyl (C=O) groups is 3. The second kappa shape index (κ2) is 9.32. The number of hydrogen-bond acceptors (Lipinski definition) is 3.